The smallest absolute Gasteiger partial charge is 0.101 e. The Labute approximate surface area is 157 Å². The van der Waals surface area contributed by atoms with Gasteiger partial charge in [0, 0.05) is 28.3 Å². The molecule has 0 saturated heterocycles. The Kier molecular flexibility index (Phi) is 3.23. The summed E-state index contributed by atoms with van der Waals surface area (Å²) in [5, 5.41) is 26.6. The van der Waals surface area contributed by atoms with Crippen LogP contribution in [-0.4, -0.2) is 0 Å². The number of hydrogen-bond acceptors (Lipinski definition) is 4. The molecule has 2 unspecified atom stereocenters. The Hall–Kier alpha value is -3.76. The normalized spacial score (nSPS) is 21.5. The molecule has 0 aromatic heterocycles. The molecule has 0 radical (unpaired) electrons. The molecule has 2 heterocycles. The fourth-order valence-electron chi connectivity index (χ4n) is 4.25. The minimum absolute atomic E-state index is 0.336. The van der Waals surface area contributed by atoms with Crippen LogP contribution in [0.1, 0.15) is 34.9 Å². The second-order valence-corrected chi connectivity index (χ2v) is 7.03. The first-order valence-corrected chi connectivity index (χ1v) is 8.90. The van der Waals surface area contributed by atoms with E-state index in [9.17, 15) is 10.5 Å². The van der Waals surface area contributed by atoms with Gasteiger partial charge in [-0.25, -0.2) is 0 Å². The SMILES string of the molecule is C=C1CC=CC2=C1C(C#N)c1cc3c(cc1N2)C(C#N)c1ccccc1N3. The molecule has 4 nitrogen and oxygen atoms in total. The number of nitriles is 2. The molecule has 0 bridgehead atoms. The van der Waals surface area contributed by atoms with Gasteiger partial charge >= 0.3 is 0 Å². The van der Waals surface area contributed by atoms with Crippen LogP contribution in [-0.2, 0) is 0 Å². The highest BCUT2D eigenvalue weighted by atomic mass is 14.9. The van der Waals surface area contributed by atoms with Crippen molar-refractivity contribution in [2.75, 3.05) is 10.6 Å². The number of fused-ring (bicyclic) bond motifs is 3. The summed E-state index contributed by atoms with van der Waals surface area (Å²) in [6, 6.07) is 16.8. The number of anilines is 3. The highest BCUT2D eigenvalue weighted by Crippen LogP contribution is 2.48. The Morgan fingerprint density at radius 1 is 0.889 bits per heavy atom. The minimum Gasteiger partial charge on any atom is -0.355 e. The van der Waals surface area contributed by atoms with E-state index in [0.29, 0.717) is 0 Å². The summed E-state index contributed by atoms with van der Waals surface area (Å²) in [5.74, 6) is -0.698. The zero-order chi connectivity index (χ0) is 18.5. The molecular weight excluding hydrogens is 332 g/mol. The second-order valence-electron chi connectivity index (χ2n) is 7.03. The zero-order valence-electron chi connectivity index (χ0n) is 14.6. The molecular formula is C23H16N4. The van der Waals surface area contributed by atoms with Gasteiger partial charge in [-0.15, -0.1) is 0 Å². The van der Waals surface area contributed by atoms with E-state index in [2.05, 4.69) is 35.4 Å². The number of hydrogen-bond donors (Lipinski definition) is 2. The lowest BCUT2D eigenvalue weighted by Gasteiger charge is -2.33. The van der Waals surface area contributed by atoms with Gasteiger partial charge in [-0.2, -0.15) is 10.5 Å². The molecule has 2 aromatic carbocycles. The van der Waals surface area contributed by atoms with Gasteiger partial charge in [-0.05, 0) is 53.0 Å². The van der Waals surface area contributed by atoms with Crippen LogP contribution < -0.4 is 10.6 Å². The third-order valence-electron chi connectivity index (χ3n) is 5.52. The van der Waals surface area contributed by atoms with Crippen LogP contribution in [0.15, 0.2) is 72.0 Å². The summed E-state index contributed by atoms with van der Waals surface area (Å²) in [4.78, 5) is 0. The number of nitrogens with one attached hydrogen (secondary N) is 2. The van der Waals surface area contributed by atoms with Crippen LogP contribution in [0.3, 0.4) is 0 Å². The Bertz CT molecular complexity index is 1150. The van der Waals surface area contributed by atoms with E-state index in [4.69, 9.17) is 0 Å². The summed E-state index contributed by atoms with van der Waals surface area (Å²) in [7, 11) is 0. The first kappa shape index (κ1) is 15.5. The minimum atomic E-state index is -0.362. The fourth-order valence-corrected chi connectivity index (χ4v) is 4.25. The topological polar surface area (TPSA) is 71.6 Å². The molecule has 4 heteroatoms. The Morgan fingerprint density at radius 3 is 2.37 bits per heavy atom. The first-order valence-electron chi connectivity index (χ1n) is 8.90. The molecule has 27 heavy (non-hydrogen) atoms. The van der Waals surface area contributed by atoms with Crippen molar-refractivity contribution in [3.05, 3.63) is 88.7 Å². The maximum atomic E-state index is 9.90. The predicted octanol–water partition coefficient (Wildman–Crippen LogP) is 5.20. The number of para-hydroxylation sites is 1. The van der Waals surface area contributed by atoms with Crippen LogP contribution in [0.5, 0.6) is 0 Å². The van der Waals surface area contributed by atoms with Crippen LogP contribution >= 0.6 is 0 Å². The largest absolute Gasteiger partial charge is 0.355 e. The van der Waals surface area contributed by atoms with Gasteiger partial charge in [-0.1, -0.05) is 30.9 Å². The van der Waals surface area contributed by atoms with Crippen molar-refractivity contribution in [3.63, 3.8) is 0 Å². The highest BCUT2D eigenvalue weighted by molar-refractivity contribution is 5.81. The van der Waals surface area contributed by atoms with Crippen molar-refractivity contribution < 1.29 is 0 Å². The van der Waals surface area contributed by atoms with E-state index >= 15 is 0 Å². The third-order valence-corrected chi connectivity index (χ3v) is 5.52. The first-order chi connectivity index (χ1) is 13.2. The maximum Gasteiger partial charge on any atom is 0.101 e. The van der Waals surface area contributed by atoms with Crippen LogP contribution in [0.2, 0.25) is 0 Å². The molecule has 128 valence electrons. The Morgan fingerprint density at radius 2 is 1.59 bits per heavy atom. The van der Waals surface area contributed by atoms with Gasteiger partial charge in [0.15, 0.2) is 0 Å². The quantitative estimate of drug-likeness (QED) is 0.686. The van der Waals surface area contributed by atoms with Crippen molar-refractivity contribution in [2.24, 2.45) is 0 Å². The average molecular weight is 348 g/mol. The Balaban J connectivity index is 1.70. The number of benzene rings is 2. The van der Waals surface area contributed by atoms with E-state index in [0.717, 1.165) is 57.0 Å². The molecule has 0 amide bonds. The van der Waals surface area contributed by atoms with E-state index < -0.39 is 0 Å². The fraction of sp³-hybridized carbons (Fsp3) is 0.130. The van der Waals surface area contributed by atoms with E-state index in [1.54, 1.807) is 0 Å². The molecule has 0 saturated carbocycles. The highest BCUT2D eigenvalue weighted by Gasteiger charge is 2.33. The summed E-state index contributed by atoms with van der Waals surface area (Å²) >= 11 is 0. The standard InChI is InChI=1S/C23H16N4/c1-13-5-4-8-20-23(13)18(12-25)16-10-21-15(9-22(16)27-20)17(11-24)14-6-2-3-7-19(14)26-21/h2-4,6-10,17-18,26-27H,1,5H2. The molecule has 2 atom stereocenters. The molecule has 2 N–H and O–H groups in total. The number of nitrogens with zero attached hydrogens (tertiary/aromatic N) is 2. The van der Waals surface area contributed by atoms with E-state index in [-0.39, 0.29) is 11.8 Å². The van der Waals surface area contributed by atoms with Crippen molar-refractivity contribution in [2.45, 2.75) is 18.3 Å². The molecule has 1 aliphatic carbocycles. The lowest BCUT2D eigenvalue weighted by atomic mass is 9.78. The second kappa shape index (κ2) is 5.62. The van der Waals surface area contributed by atoms with Crippen LogP contribution in [0, 0.1) is 22.7 Å². The molecule has 2 aliphatic heterocycles. The van der Waals surface area contributed by atoms with Crippen LogP contribution in [0.4, 0.5) is 17.1 Å². The van der Waals surface area contributed by atoms with Gasteiger partial charge in [-0.3, -0.25) is 0 Å². The number of allylic oxidation sites excluding steroid dienone is 4. The van der Waals surface area contributed by atoms with E-state index in [1.165, 1.54) is 0 Å². The average Bonchev–Trinajstić information content (AvgIpc) is 2.69. The lowest BCUT2D eigenvalue weighted by Crippen LogP contribution is -2.21. The summed E-state index contributed by atoms with van der Waals surface area (Å²) in [6.45, 7) is 4.15. The van der Waals surface area contributed by atoms with Crippen LogP contribution in [0.25, 0.3) is 0 Å². The van der Waals surface area contributed by atoms with Gasteiger partial charge in [0.1, 0.15) is 11.8 Å². The van der Waals surface area contributed by atoms with E-state index in [1.807, 2.05) is 42.5 Å². The van der Waals surface area contributed by atoms with Crippen molar-refractivity contribution in [1.29, 1.82) is 10.5 Å². The van der Waals surface area contributed by atoms with Crippen molar-refractivity contribution in [3.8, 4) is 12.1 Å². The summed E-state index contributed by atoms with van der Waals surface area (Å²) < 4.78 is 0. The maximum absolute atomic E-state index is 9.90. The molecule has 0 spiro atoms. The third kappa shape index (κ3) is 2.14. The van der Waals surface area contributed by atoms with Gasteiger partial charge < -0.3 is 10.6 Å². The summed E-state index contributed by atoms with van der Waals surface area (Å²) in [6.07, 6.45) is 4.84. The zero-order valence-corrected chi connectivity index (χ0v) is 14.6. The molecule has 2 aromatic rings. The molecule has 3 aliphatic rings. The van der Waals surface area contributed by atoms with Gasteiger partial charge in [0.2, 0.25) is 0 Å². The summed E-state index contributed by atoms with van der Waals surface area (Å²) in [5.41, 5.74) is 8.44. The monoisotopic (exact) mass is 348 g/mol. The molecule has 5 rings (SSSR count). The number of rotatable bonds is 0. The molecule has 0 fully saturated rings. The van der Waals surface area contributed by atoms with Crippen molar-refractivity contribution >= 4 is 17.1 Å². The lowest BCUT2D eigenvalue weighted by molar-refractivity contribution is 0.935. The predicted molar refractivity (Wildman–Crippen MR) is 106 cm³/mol. The van der Waals surface area contributed by atoms with Gasteiger partial charge in [0.05, 0.1) is 12.1 Å². The van der Waals surface area contributed by atoms with Crippen molar-refractivity contribution in [1.82, 2.24) is 0 Å². The van der Waals surface area contributed by atoms with Gasteiger partial charge in [0.25, 0.3) is 0 Å².